The molecule has 6 rings (SSSR count). The Balaban J connectivity index is 1.44. The van der Waals surface area contributed by atoms with Crippen molar-refractivity contribution in [2.24, 2.45) is 0 Å². The third kappa shape index (κ3) is 5.39. The van der Waals surface area contributed by atoms with Crippen molar-refractivity contribution in [2.75, 3.05) is 5.32 Å². The van der Waals surface area contributed by atoms with Crippen LogP contribution in [0.4, 0.5) is 24.8 Å². The molecule has 5 aromatic heterocycles. The van der Waals surface area contributed by atoms with Gasteiger partial charge >= 0.3 is 12.0 Å². The smallest absolute Gasteiger partial charge is 0.389 e. The van der Waals surface area contributed by atoms with Crippen LogP contribution in [0.15, 0.2) is 41.6 Å². The number of hydrogen-bond donors (Lipinski definition) is 4. The summed E-state index contributed by atoms with van der Waals surface area (Å²) in [5.74, 6) is -2.42. The van der Waals surface area contributed by atoms with Crippen LogP contribution in [0.2, 0.25) is 0 Å². The van der Waals surface area contributed by atoms with Gasteiger partial charge in [0.1, 0.15) is 22.8 Å². The predicted octanol–water partition coefficient (Wildman–Crippen LogP) is 2.63. The SMILES string of the molecule is [B]C(O)(O)n1c(=O)n(C2CCCC2)c2cc(Nc3ccc4c(n3)c(-c3cnn(C(F)(F)F)c3)nn4CC(C)(C)O)ncc21. The molecule has 5 heterocycles. The van der Waals surface area contributed by atoms with E-state index in [1.54, 1.807) is 32.0 Å². The third-order valence-electron chi connectivity index (χ3n) is 7.28. The molecule has 13 nitrogen and oxygen atoms in total. The molecule has 43 heavy (non-hydrogen) atoms. The van der Waals surface area contributed by atoms with Gasteiger partial charge in [0.25, 0.3) is 0 Å². The Labute approximate surface area is 242 Å². The zero-order valence-corrected chi connectivity index (χ0v) is 23.1. The van der Waals surface area contributed by atoms with Gasteiger partial charge in [0, 0.05) is 23.9 Å². The van der Waals surface area contributed by atoms with Crippen LogP contribution >= 0.6 is 0 Å². The highest BCUT2D eigenvalue weighted by Crippen LogP contribution is 2.34. The molecular weight excluding hydrogens is 570 g/mol. The van der Waals surface area contributed by atoms with Gasteiger partial charge in [0.2, 0.25) is 0 Å². The largest absolute Gasteiger partial charge is 0.504 e. The quantitative estimate of drug-likeness (QED) is 0.163. The summed E-state index contributed by atoms with van der Waals surface area (Å²) in [6, 6.07) is 4.67. The summed E-state index contributed by atoms with van der Waals surface area (Å²) >= 11 is 0. The Kier molecular flexibility index (Phi) is 6.66. The molecule has 0 bridgehead atoms. The number of rotatable bonds is 7. The first kappa shape index (κ1) is 28.9. The number of aliphatic hydroxyl groups is 3. The van der Waals surface area contributed by atoms with E-state index in [4.69, 9.17) is 7.85 Å². The van der Waals surface area contributed by atoms with Gasteiger partial charge in [-0.1, -0.05) is 12.8 Å². The Bertz CT molecular complexity index is 1890. The van der Waals surface area contributed by atoms with E-state index in [0.717, 1.165) is 38.1 Å². The monoisotopic (exact) mass is 597 g/mol. The van der Waals surface area contributed by atoms with Crippen molar-refractivity contribution >= 4 is 41.5 Å². The molecule has 5 aromatic rings. The predicted molar refractivity (Wildman–Crippen MR) is 149 cm³/mol. The third-order valence-corrected chi connectivity index (χ3v) is 7.28. The second-order valence-corrected chi connectivity index (χ2v) is 11.3. The van der Waals surface area contributed by atoms with E-state index in [-0.39, 0.29) is 51.2 Å². The van der Waals surface area contributed by atoms with Crippen LogP contribution in [0.5, 0.6) is 0 Å². The molecule has 0 amide bonds. The molecule has 0 saturated heterocycles. The maximum absolute atomic E-state index is 13.2. The lowest BCUT2D eigenvalue weighted by molar-refractivity contribution is -0.212. The number of pyridine rings is 2. The summed E-state index contributed by atoms with van der Waals surface area (Å²) in [7, 11) is 5.49. The Hall–Kier alpha value is -4.22. The van der Waals surface area contributed by atoms with Gasteiger partial charge in [-0.3, -0.25) is 9.25 Å². The average Bonchev–Trinajstić information content (AvgIpc) is 3.67. The molecule has 0 aliphatic heterocycles. The Morgan fingerprint density at radius 2 is 1.77 bits per heavy atom. The first-order valence-corrected chi connectivity index (χ1v) is 13.5. The Morgan fingerprint density at radius 3 is 2.40 bits per heavy atom. The van der Waals surface area contributed by atoms with Crippen LogP contribution in [-0.2, 0) is 18.7 Å². The highest BCUT2D eigenvalue weighted by atomic mass is 19.4. The van der Waals surface area contributed by atoms with Crippen LogP contribution in [-0.4, -0.2) is 67.4 Å². The highest BCUT2D eigenvalue weighted by molar-refractivity contribution is 6.11. The number of halogens is 3. The molecule has 1 saturated carbocycles. The van der Waals surface area contributed by atoms with E-state index >= 15 is 0 Å². The molecule has 17 heteroatoms. The van der Waals surface area contributed by atoms with Crippen LogP contribution in [0.1, 0.15) is 45.6 Å². The van der Waals surface area contributed by atoms with Gasteiger partial charge in [-0.2, -0.15) is 14.9 Å². The number of hydrogen-bond acceptors (Lipinski definition) is 9. The van der Waals surface area contributed by atoms with Gasteiger partial charge in [-0.25, -0.2) is 19.3 Å². The summed E-state index contributed by atoms with van der Waals surface area (Å²) in [5.41, 5.74) is -0.459. The minimum atomic E-state index is -4.72. The number of nitrogens with one attached hydrogen (secondary N) is 1. The number of alkyl halides is 3. The minimum absolute atomic E-state index is 0.0393. The molecule has 2 radical (unpaired) electrons. The first-order chi connectivity index (χ1) is 20.1. The number of fused-ring (bicyclic) bond motifs is 2. The molecule has 0 aromatic carbocycles. The molecular formula is C26H27BF3N9O4. The van der Waals surface area contributed by atoms with Crippen LogP contribution in [0.25, 0.3) is 33.3 Å². The van der Waals surface area contributed by atoms with Crippen molar-refractivity contribution in [1.29, 1.82) is 0 Å². The van der Waals surface area contributed by atoms with Crippen molar-refractivity contribution in [2.45, 2.75) is 69.8 Å². The fraction of sp³-hybridized carbons (Fsp3) is 0.423. The first-order valence-electron chi connectivity index (χ1n) is 13.5. The van der Waals surface area contributed by atoms with Crippen molar-refractivity contribution in [3.63, 3.8) is 0 Å². The molecule has 224 valence electrons. The van der Waals surface area contributed by atoms with Crippen LogP contribution in [0.3, 0.4) is 0 Å². The average molecular weight is 597 g/mol. The van der Waals surface area contributed by atoms with E-state index in [9.17, 15) is 33.3 Å². The molecule has 0 spiro atoms. The summed E-state index contributed by atoms with van der Waals surface area (Å²) in [5, 5.41) is 41.5. The molecule has 1 fully saturated rings. The molecule has 0 unspecified atom stereocenters. The highest BCUT2D eigenvalue weighted by Gasteiger charge is 2.33. The summed E-state index contributed by atoms with van der Waals surface area (Å²) in [4.78, 5) is 22.1. The molecule has 0 atom stereocenters. The van der Waals surface area contributed by atoms with Crippen molar-refractivity contribution < 1.29 is 28.5 Å². The molecule has 4 N–H and O–H groups in total. The summed E-state index contributed by atoms with van der Waals surface area (Å²) in [6.45, 7) is 3.19. The number of aromatic nitrogens is 8. The fourth-order valence-corrected chi connectivity index (χ4v) is 5.54. The minimum Gasteiger partial charge on any atom is -0.389 e. The van der Waals surface area contributed by atoms with Crippen LogP contribution in [0, 0.1) is 0 Å². The number of anilines is 2. The summed E-state index contributed by atoms with van der Waals surface area (Å²) < 4.78 is 43.2. The lowest BCUT2D eigenvalue weighted by atomic mass is 10.0. The number of imidazole rings is 1. The second-order valence-electron chi connectivity index (χ2n) is 11.3. The van der Waals surface area contributed by atoms with E-state index in [1.807, 2.05) is 0 Å². The van der Waals surface area contributed by atoms with Crippen LogP contribution < -0.4 is 11.0 Å². The molecule has 1 aliphatic carbocycles. The fourth-order valence-electron chi connectivity index (χ4n) is 5.54. The van der Waals surface area contributed by atoms with Crippen molar-refractivity contribution in [3.8, 4) is 11.3 Å². The van der Waals surface area contributed by atoms with E-state index in [0.29, 0.717) is 15.6 Å². The Morgan fingerprint density at radius 1 is 1.05 bits per heavy atom. The summed E-state index contributed by atoms with van der Waals surface area (Å²) in [6.07, 6.45) is 1.71. The van der Waals surface area contributed by atoms with E-state index in [2.05, 4.69) is 25.5 Å². The maximum atomic E-state index is 13.2. The van der Waals surface area contributed by atoms with Gasteiger partial charge in [-0.05, 0) is 38.8 Å². The lowest BCUT2D eigenvalue weighted by Gasteiger charge is -2.18. The van der Waals surface area contributed by atoms with Gasteiger partial charge in [0.15, 0.2) is 13.7 Å². The lowest BCUT2D eigenvalue weighted by Crippen LogP contribution is -2.42. The van der Waals surface area contributed by atoms with Crippen molar-refractivity contribution in [1.82, 2.24) is 38.7 Å². The molecule has 1 aliphatic rings. The van der Waals surface area contributed by atoms with Gasteiger partial charge in [0.05, 0.1) is 41.1 Å². The van der Waals surface area contributed by atoms with Crippen molar-refractivity contribution in [3.05, 3.63) is 47.3 Å². The standard InChI is InChI=1S/C26H27BF3N9O4/c1-24(2,41)13-36-16-7-8-19(34-22(16)21(35-36)14-10-32-37(12-14)26(28,29)30)33-20-9-17-18(11-31-20)39(25(27,42)43)23(40)38(17)15-5-3-4-6-15/h7-12,15,41-43H,3-6,13H2,1-2H3,(H,31,33,34). The van der Waals surface area contributed by atoms with E-state index in [1.165, 1.54) is 15.4 Å². The van der Waals surface area contributed by atoms with E-state index < -0.39 is 23.4 Å². The maximum Gasteiger partial charge on any atom is 0.504 e. The number of nitrogens with zero attached hydrogens (tertiary/aromatic N) is 8. The second kappa shape index (κ2) is 9.92. The zero-order valence-electron chi connectivity index (χ0n) is 23.1. The normalized spacial score (nSPS) is 15.3. The topological polar surface area (TPSA) is 161 Å². The van der Waals surface area contributed by atoms with Gasteiger partial charge < -0.3 is 20.6 Å². The van der Waals surface area contributed by atoms with Gasteiger partial charge in [-0.15, -0.1) is 13.2 Å². The zero-order chi connectivity index (χ0) is 30.9.